The number of carbonyl (C=O) groups excluding carboxylic acids is 3. The maximum absolute atomic E-state index is 13.0. The Bertz CT molecular complexity index is 1490. The first-order chi connectivity index (χ1) is 16.5. The second-order valence-electron chi connectivity index (χ2n) is 7.78. The molecular formula is C25H19N5O4. The van der Waals surface area contributed by atoms with E-state index in [1.165, 1.54) is 4.90 Å². The highest BCUT2D eigenvalue weighted by atomic mass is 16.2. The molecule has 0 saturated heterocycles. The van der Waals surface area contributed by atoms with Gasteiger partial charge in [-0.15, -0.1) is 0 Å². The van der Waals surface area contributed by atoms with Crippen LogP contribution in [0.5, 0.6) is 0 Å². The number of anilines is 3. The maximum Gasteiger partial charge on any atom is 0.275 e. The summed E-state index contributed by atoms with van der Waals surface area (Å²) < 4.78 is 1.11. The van der Waals surface area contributed by atoms with Gasteiger partial charge in [0.2, 0.25) is 11.8 Å². The minimum absolute atomic E-state index is 0.0815. The molecule has 1 aliphatic rings. The van der Waals surface area contributed by atoms with E-state index in [9.17, 15) is 19.2 Å². The van der Waals surface area contributed by atoms with E-state index in [0.29, 0.717) is 33.4 Å². The van der Waals surface area contributed by atoms with Crippen LogP contribution < -0.4 is 21.1 Å². The van der Waals surface area contributed by atoms with Crippen molar-refractivity contribution < 1.29 is 14.4 Å². The number of rotatable bonds is 4. The van der Waals surface area contributed by atoms with E-state index >= 15 is 0 Å². The van der Waals surface area contributed by atoms with Gasteiger partial charge in [-0.05, 0) is 42.5 Å². The lowest BCUT2D eigenvalue weighted by Crippen LogP contribution is -2.42. The minimum atomic E-state index is -0.425. The standard InChI is InChI=1S/C25H19N5O4/c31-22-14-29(21-8-4-3-7-20(21)28-22)24(33)16-9-11-18(12-10-16)27-23(32)15-30-25(34)19-6-2-1-5-17(19)13-26-30/h1-13H,14-15H2,(H,27,32)(H,28,31). The van der Waals surface area contributed by atoms with Crippen LogP contribution in [0.2, 0.25) is 0 Å². The Kier molecular flexibility index (Phi) is 5.35. The smallest absolute Gasteiger partial charge is 0.275 e. The Morgan fingerprint density at radius 1 is 0.941 bits per heavy atom. The third-order valence-corrected chi connectivity index (χ3v) is 5.49. The van der Waals surface area contributed by atoms with E-state index < -0.39 is 5.91 Å². The summed E-state index contributed by atoms with van der Waals surface area (Å²) in [5.74, 6) is -1.02. The highest BCUT2D eigenvalue weighted by Gasteiger charge is 2.27. The van der Waals surface area contributed by atoms with Crippen LogP contribution >= 0.6 is 0 Å². The summed E-state index contributed by atoms with van der Waals surface area (Å²) in [7, 11) is 0. The number of nitrogens with one attached hydrogen (secondary N) is 2. The van der Waals surface area contributed by atoms with E-state index in [1.807, 2.05) is 6.07 Å². The molecular weight excluding hydrogens is 434 g/mol. The molecule has 168 valence electrons. The fourth-order valence-electron chi connectivity index (χ4n) is 3.84. The van der Waals surface area contributed by atoms with Crippen molar-refractivity contribution in [1.82, 2.24) is 9.78 Å². The quantitative estimate of drug-likeness (QED) is 0.493. The summed E-state index contributed by atoms with van der Waals surface area (Å²) >= 11 is 0. The Morgan fingerprint density at radius 2 is 1.68 bits per heavy atom. The average molecular weight is 453 g/mol. The van der Waals surface area contributed by atoms with Crippen LogP contribution in [0.1, 0.15) is 10.4 Å². The Balaban J connectivity index is 1.29. The van der Waals surface area contributed by atoms with Gasteiger partial charge >= 0.3 is 0 Å². The van der Waals surface area contributed by atoms with Crippen molar-refractivity contribution in [2.75, 3.05) is 22.1 Å². The van der Waals surface area contributed by atoms with Crippen molar-refractivity contribution in [3.8, 4) is 0 Å². The molecule has 0 radical (unpaired) electrons. The number of aromatic nitrogens is 2. The van der Waals surface area contributed by atoms with Gasteiger partial charge in [0, 0.05) is 16.6 Å². The highest BCUT2D eigenvalue weighted by Crippen LogP contribution is 2.30. The second kappa shape index (κ2) is 8.62. The number of benzene rings is 3. The molecule has 5 rings (SSSR count). The molecule has 1 aliphatic heterocycles. The molecule has 9 heteroatoms. The van der Waals surface area contributed by atoms with Gasteiger partial charge in [0.1, 0.15) is 13.1 Å². The number of amides is 3. The third kappa shape index (κ3) is 4.02. The molecule has 2 N–H and O–H groups in total. The molecule has 34 heavy (non-hydrogen) atoms. The van der Waals surface area contributed by atoms with E-state index in [0.717, 1.165) is 4.68 Å². The van der Waals surface area contributed by atoms with Crippen molar-refractivity contribution in [2.45, 2.75) is 6.54 Å². The monoisotopic (exact) mass is 453 g/mol. The zero-order valence-electron chi connectivity index (χ0n) is 17.9. The van der Waals surface area contributed by atoms with Gasteiger partial charge in [-0.3, -0.25) is 24.1 Å². The van der Waals surface area contributed by atoms with Crippen LogP contribution in [-0.2, 0) is 16.1 Å². The van der Waals surface area contributed by atoms with Gasteiger partial charge in [-0.25, -0.2) is 4.68 Å². The van der Waals surface area contributed by atoms with Crippen molar-refractivity contribution >= 4 is 45.6 Å². The molecule has 0 unspecified atom stereocenters. The van der Waals surface area contributed by atoms with Crippen LogP contribution in [-0.4, -0.2) is 34.0 Å². The first kappa shape index (κ1) is 21.1. The lowest BCUT2D eigenvalue weighted by atomic mass is 10.1. The number of carbonyl (C=O) groups is 3. The Labute approximate surface area is 193 Å². The summed E-state index contributed by atoms with van der Waals surface area (Å²) in [6, 6.07) is 20.5. The molecule has 0 fully saturated rings. The molecule has 0 atom stereocenters. The molecule has 2 heterocycles. The number of nitrogens with zero attached hydrogens (tertiary/aromatic N) is 3. The Morgan fingerprint density at radius 3 is 2.50 bits per heavy atom. The molecule has 0 bridgehead atoms. The predicted octanol–water partition coefficient (Wildman–Crippen LogP) is 2.63. The van der Waals surface area contributed by atoms with Crippen LogP contribution in [0.3, 0.4) is 0 Å². The first-order valence-corrected chi connectivity index (χ1v) is 10.5. The zero-order valence-corrected chi connectivity index (χ0v) is 17.9. The van der Waals surface area contributed by atoms with Gasteiger partial charge in [0.05, 0.1) is 23.0 Å². The lowest BCUT2D eigenvalue weighted by molar-refractivity contribution is -0.117. The highest BCUT2D eigenvalue weighted by molar-refractivity contribution is 6.15. The number of fused-ring (bicyclic) bond motifs is 2. The van der Waals surface area contributed by atoms with E-state index in [1.54, 1.807) is 72.9 Å². The fourth-order valence-corrected chi connectivity index (χ4v) is 3.84. The predicted molar refractivity (Wildman–Crippen MR) is 128 cm³/mol. The summed E-state index contributed by atoms with van der Waals surface area (Å²) in [4.78, 5) is 51.5. The van der Waals surface area contributed by atoms with Crippen LogP contribution in [0.4, 0.5) is 17.1 Å². The zero-order chi connectivity index (χ0) is 23.7. The molecule has 0 spiro atoms. The molecule has 3 amide bonds. The SMILES string of the molecule is O=C(Cn1ncc2ccccc2c1=O)Nc1ccc(C(=O)N2CC(=O)Nc3ccccc32)cc1. The van der Waals surface area contributed by atoms with E-state index in [4.69, 9.17) is 0 Å². The molecule has 1 aromatic heterocycles. The minimum Gasteiger partial charge on any atom is -0.324 e. The third-order valence-electron chi connectivity index (χ3n) is 5.49. The molecule has 4 aromatic rings. The van der Waals surface area contributed by atoms with Gasteiger partial charge in [0.25, 0.3) is 11.5 Å². The van der Waals surface area contributed by atoms with Crippen LogP contribution in [0.25, 0.3) is 10.8 Å². The number of hydrogen-bond acceptors (Lipinski definition) is 5. The second-order valence-corrected chi connectivity index (χ2v) is 7.78. The maximum atomic E-state index is 13.0. The van der Waals surface area contributed by atoms with Crippen LogP contribution in [0, 0.1) is 0 Å². The lowest BCUT2D eigenvalue weighted by Gasteiger charge is -2.29. The first-order valence-electron chi connectivity index (χ1n) is 10.5. The summed E-state index contributed by atoms with van der Waals surface area (Å²) in [5.41, 5.74) is 1.69. The van der Waals surface area contributed by atoms with Crippen molar-refractivity contribution in [2.24, 2.45) is 0 Å². The van der Waals surface area contributed by atoms with Gasteiger partial charge in [0.15, 0.2) is 0 Å². The van der Waals surface area contributed by atoms with Gasteiger partial charge < -0.3 is 10.6 Å². The van der Waals surface area contributed by atoms with Gasteiger partial charge in [-0.1, -0.05) is 30.3 Å². The normalized spacial score (nSPS) is 12.7. The van der Waals surface area contributed by atoms with Gasteiger partial charge in [-0.2, -0.15) is 5.10 Å². The van der Waals surface area contributed by atoms with E-state index in [2.05, 4.69) is 15.7 Å². The largest absolute Gasteiger partial charge is 0.324 e. The molecule has 3 aromatic carbocycles. The number of hydrogen-bond donors (Lipinski definition) is 2. The topological polar surface area (TPSA) is 113 Å². The van der Waals surface area contributed by atoms with Crippen LogP contribution in [0.15, 0.2) is 83.8 Å². The van der Waals surface area contributed by atoms with Crippen molar-refractivity contribution in [3.05, 3.63) is 94.9 Å². The summed E-state index contributed by atoms with van der Waals surface area (Å²) in [6.07, 6.45) is 1.55. The van der Waals surface area contributed by atoms with E-state index in [-0.39, 0.29) is 30.5 Å². The Hall–Kier alpha value is -4.79. The summed E-state index contributed by atoms with van der Waals surface area (Å²) in [6.45, 7) is -0.328. The molecule has 9 nitrogen and oxygen atoms in total. The summed E-state index contributed by atoms with van der Waals surface area (Å²) in [5, 5.41) is 10.7. The van der Waals surface area contributed by atoms with Crippen molar-refractivity contribution in [1.29, 1.82) is 0 Å². The fraction of sp³-hybridized carbons (Fsp3) is 0.0800. The number of para-hydroxylation sites is 2. The average Bonchev–Trinajstić information content (AvgIpc) is 2.85. The molecule has 0 saturated carbocycles. The van der Waals surface area contributed by atoms with Crippen molar-refractivity contribution in [3.63, 3.8) is 0 Å². The molecule has 0 aliphatic carbocycles.